The molecule has 6 heteroatoms. The zero-order valence-corrected chi connectivity index (χ0v) is 14.8. The fraction of sp³-hybridized carbons (Fsp3) is 0.526. The lowest BCUT2D eigenvalue weighted by molar-refractivity contribution is -0.138. The molecule has 0 bridgehead atoms. The first-order valence-corrected chi connectivity index (χ1v) is 8.47. The molecule has 6 nitrogen and oxygen atoms in total. The van der Waals surface area contributed by atoms with Crippen LogP contribution in [0.3, 0.4) is 0 Å². The molecule has 0 aromatic carbocycles. The molecule has 136 valence electrons. The van der Waals surface area contributed by atoms with Gasteiger partial charge in [0.2, 0.25) is 5.91 Å². The van der Waals surface area contributed by atoms with Gasteiger partial charge in [-0.15, -0.1) is 0 Å². The molecule has 1 saturated heterocycles. The molecule has 0 spiro atoms. The number of nitrogens with one attached hydrogen (secondary N) is 1. The van der Waals surface area contributed by atoms with Gasteiger partial charge in [0.25, 0.3) is 0 Å². The van der Waals surface area contributed by atoms with Crippen molar-refractivity contribution in [2.75, 3.05) is 0 Å². The van der Waals surface area contributed by atoms with E-state index in [2.05, 4.69) is 11.9 Å². The quantitative estimate of drug-likeness (QED) is 0.349. The first-order valence-electron chi connectivity index (χ1n) is 8.47. The minimum Gasteiger partial charge on any atom is -0.454 e. The minimum absolute atomic E-state index is 0.149. The molecule has 25 heavy (non-hydrogen) atoms. The van der Waals surface area contributed by atoms with Crippen LogP contribution in [0.2, 0.25) is 0 Å². The number of carbonyl (C=O) groups excluding carboxylic acids is 3. The van der Waals surface area contributed by atoms with Crippen LogP contribution >= 0.6 is 0 Å². The normalized spacial score (nSPS) is 34.3. The molecule has 4 unspecified atom stereocenters. The van der Waals surface area contributed by atoms with Crippen molar-refractivity contribution in [1.29, 1.82) is 0 Å². The molecule has 4 atom stereocenters. The summed E-state index contributed by atoms with van der Waals surface area (Å²) in [5.41, 5.74) is 1.44. The summed E-state index contributed by atoms with van der Waals surface area (Å²) >= 11 is 0. The molecular weight excluding hydrogens is 322 g/mol. The van der Waals surface area contributed by atoms with Crippen LogP contribution in [0, 0.1) is 11.8 Å². The molecular formula is C19H25NO5. The number of rotatable bonds is 3. The van der Waals surface area contributed by atoms with Crippen molar-refractivity contribution < 1.29 is 24.2 Å². The van der Waals surface area contributed by atoms with Gasteiger partial charge in [0, 0.05) is 17.1 Å². The molecule has 1 aliphatic carbocycles. The van der Waals surface area contributed by atoms with Crippen LogP contribution in [0.4, 0.5) is 0 Å². The Morgan fingerprint density at radius 3 is 2.76 bits per heavy atom. The standard InChI is InChI=1S/C19H25NO5/c1-10(2)18(23)20-16-13(9-21)7-5-6-11(3)8-14-15(17(16)22)12(4)19(24)25-14/h7-10,14-17,22H,4-6H2,1-3H3,(H,20,23)/b11-8+,13-7+. The summed E-state index contributed by atoms with van der Waals surface area (Å²) in [5, 5.41) is 13.7. The largest absolute Gasteiger partial charge is 0.454 e. The van der Waals surface area contributed by atoms with E-state index in [0.717, 1.165) is 5.57 Å². The average Bonchev–Trinajstić information content (AvgIpc) is 2.82. The van der Waals surface area contributed by atoms with E-state index in [1.165, 1.54) is 0 Å². The van der Waals surface area contributed by atoms with Crippen LogP contribution in [0.5, 0.6) is 0 Å². The van der Waals surface area contributed by atoms with Gasteiger partial charge in [-0.05, 0) is 25.8 Å². The predicted molar refractivity (Wildman–Crippen MR) is 92.4 cm³/mol. The van der Waals surface area contributed by atoms with E-state index in [-0.39, 0.29) is 17.4 Å². The van der Waals surface area contributed by atoms with Crippen LogP contribution < -0.4 is 5.32 Å². The fourth-order valence-electron chi connectivity index (χ4n) is 3.12. The lowest BCUT2D eigenvalue weighted by Crippen LogP contribution is -2.51. The molecule has 1 fully saturated rings. The number of allylic oxidation sites excluding steroid dienone is 2. The number of amides is 1. The number of hydrogen-bond donors (Lipinski definition) is 2. The van der Waals surface area contributed by atoms with Crippen molar-refractivity contribution in [3.05, 3.63) is 35.5 Å². The van der Waals surface area contributed by atoms with Crippen LogP contribution in [-0.4, -0.2) is 41.5 Å². The first kappa shape index (κ1) is 19.1. The van der Waals surface area contributed by atoms with Gasteiger partial charge < -0.3 is 15.2 Å². The summed E-state index contributed by atoms with van der Waals surface area (Å²) in [6.07, 6.45) is 3.59. The zero-order chi connectivity index (χ0) is 18.7. The number of aliphatic hydroxyl groups excluding tert-OH is 1. The van der Waals surface area contributed by atoms with Crippen molar-refractivity contribution in [2.45, 2.75) is 51.9 Å². The second-order valence-corrected chi connectivity index (χ2v) is 6.93. The molecule has 2 rings (SSSR count). The Hall–Kier alpha value is -2.21. The Balaban J connectivity index is 2.46. The molecule has 1 aliphatic heterocycles. The van der Waals surface area contributed by atoms with Crippen molar-refractivity contribution in [3.8, 4) is 0 Å². The van der Waals surface area contributed by atoms with E-state index in [9.17, 15) is 19.5 Å². The van der Waals surface area contributed by atoms with Gasteiger partial charge in [-0.1, -0.05) is 32.1 Å². The minimum atomic E-state index is -1.20. The van der Waals surface area contributed by atoms with Gasteiger partial charge in [0.05, 0.1) is 18.1 Å². The molecule has 1 heterocycles. The smallest absolute Gasteiger partial charge is 0.334 e. The Bertz CT molecular complexity index is 646. The SMILES string of the molecule is C=C1C(=O)OC2/C=C(\C)CC/C=C(\C=O)C(NC(=O)C(C)C)C(O)C12. The summed E-state index contributed by atoms with van der Waals surface area (Å²) in [4.78, 5) is 35.7. The maximum absolute atomic E-state index is 12.2. The summed E-state index contributed by atoms with van der Waals surface area (Å²) in [7, 11) is 0. The number of ether oxygens (including phenoxy) is 1. The van der Waals surface area contributed by atoms with E-state index in [0.29, 0.717) is 24.7 Å². The highest BCUT2D eigenvalue weighted by Crippen LogP contribution is 2.34. The van der Waals surface area contributed by atoms with Crippen molar-refractivity contribution >= 4 is 18.2 Å². The molecule has 0 radical (unpaired) electrons. The number of carbonyl (C=O) groups is 3. The van der Waals surface area contributed by atoms with E-state index in [1.54, 1.807) is 19.9 Å². The maximum atomic E-state index is 12.2. The average molecular weight is 347 g/mol. The summed E-state index contributed by atoms with van der Waals surface area (Å²) in [6.45, 7) is 9.09. The summed E-state index contributed by atoms with van der Waals surface area (Å²) in [6, 6.07) is -0.919. The van der Waals surface area contributed by atoms with Gasteiger partial charge >= 0.3 is 5.97 Å². The predicted octanol–water partition coefficient (Wildman–Crippen LogP) is 1.45. The second kappa shape index (κ2) is 7.78. The summed E-state index contributed by atoms with van der Waals surface area (Å²) < 4.78 is 5.32. The lowest BCUT2D eigenvalue weighted by atomic mass is 9.82. The summed E-state index contributed by atoms with van der Waals surface area (Å²) in [5.74, 6) is -1.88. The lowest BCUT2D eigenvalue weighted by Gasteiger charge is -2.31. The number of esters is 1. The van der Waals surface area contributed by atoms with E-state index < -0.39 is 30.1 Å². The van der Waals surface area contributed by atoms with Gasteiger partial charge in [-0.2, -0.15) is 0 Å². The van der Waals surface area contributed by atoms with E-state index >= 15 is 0 Å². The second-order valence-electron chi connectivity index (χ2n) is 6.93. The third kappa shape index (κ3) is 4.07. The molecule has 2 N–H and O–H groups in total. The van der Waals surface area contributed by atoms with Crippen LogP contribution in [0.1, 0.15) is 33.6 Å². The third-order valence-electron chi connectivity index (χ3n) is 4.66. The van der Waals surface area contributed by atoms with Crippen LogP contribution in [-0.2, 0) is 19.1 Å². The van der Waals surface area contributed by atoms with Gasteiger partial charge in [0.15, 0.2) is 0 Å². The molecule has 0 aromatic rings. The van der Waals surface area contributed by atoms with Crippen molar-refractivity contribution in [1.82, 2.24) is 5.32 Å². The van der Waals surface area contributed by atoms with E-state index in [1.807, 2.05) is 13.0 Å². The highest BCUT2D eigenvalue weighted by molar-refractivity contribution is 5.91. The fourth-order valence-corrected chi connectivity index (χ4v) is 3.12. The number of fused-ring (bicyclic) bond motifs is 1. The Morgan fingerprint density at radius 1 is 1.48 bits per heavy atom. The van der Waals surface area contributed by atoms with E-state index in [4.69, 9.17) is 4.74 Å². The number of hydrogen-bond acceptors (Lipinski definition) is 5. The van der Waals surface area contributed by atoms with Gasteiger partial charge in [-0.25, -0.2) is 4.79 Å². The van der Waals surface area contributed by atoms with Crippen LogP contribution in [0.25, 0.3) is 0 Å². The maximum Gasteiger partial charge on any atom is 0.334 e. The molecule has 0 saturated carbocycles. The Kier molecular flexibility index (Phi) is 5.95. The highest BCUT2D eigenvalue weighted by Gasteiger charge is 2.45. The van der Waals surface area contributed by atoms with Gasteiger partial charge in [0.1, 0.15) is 12.4 Å². The Labute approximate surface area is 147 Å². The van der Waals surface area contributed by atoms with Gasteiger partial charge in [-0.3, -0.25) is 9.59 Å². The molecule has 1 amide bonds. The highest BCUT2D eigenvalue weighted by atomic mass is 16.6. The molecule has 2 aliphatic rings. The monoisotopic (exact) mass is 347 g/mol. The zero-order valence-electron chi connectivity index (χ0n) is 14.8. The topological polar surface area (TPSA) is 92.7 Å². The first-order chi connectivity index (χ1) is 11.8. The van der Waals surface area contributed by atoms with Crippen molar-refractivity contribution in [3.63, 3.8) is 0 Å². The third-order valence-corrected chi connectivity index (χ3v) is 4.66. The number of aldehydes is 1. The van der Waals surface area contributed by atoms with Crippen molar-refractivity contribution in [2.24, 2.45) is 11.8 Å². The molecule has 0 aromatic heterocycles. The number of aliphatic hydroxyl groups is 1. The Morgan fingerprint density at radius 2 is 2.16 bits per heavy atom. The van der Waals surface area contributed by atoms with Crippen LogP contribution in [0.15, 0.2) is 35.5 Å².